The van der Waals surface area contributed by atoms with E-state index in [0.29, 0.717) is 24.6 Å². The second-order valence-corrected chi connectivity index (χ2v) is 6.17. The van der Waals surface area contributed by atoms with Crippen molar-refractivity contribution < 1.29 is 14.3 Å². The molecule has 1 saturated heterocycles. The summed E-state index contributed by atoms with van der Waals surface area (Å²) in [6.07, 6.45) is 2.58. The largest absolute Gasteiger partial charge is 0.491 e. The van der Waals surface area contributed by atoms with E-state index in [4.69, 9.17) is 4.74 Å². The van der Waals surface area contributed by atoms with Crippen LogP contribution in [0.2, 0.25) is 0 Å². The Hall–Kier alpha value is -2.28. The second-order valence-electron chi connectivity index (χ2n) is 6.17. The minimum Gasteiger partial charge on any atom is -0.491 e. The predicted octanol–water partition coefficient (Wildman–Crippen LogP) is 1.81. The molecule has 3 amide bonds. The smallest absolute Gasteiger partial charge is 0.319 e. The molecule has 1 aliphatic heterocycles. The maximum atomic E-state index is 12.3. The highest BCUT2D eigenvalue weighted by molar-refractivity contribution is 5.91. The van der Waals surface area contributed by atoms with Gasteiger partial charge in [0.2, 0.25) is 5.91 Å². The average molecular weight is 348 g/mol. The summed E-state index contributed by atoms with van der Waals surface area (Å²) in [7, 11) is 1.64. The van der Waals surface area contributed by atoms with Crippen LogP contribution in [-0.2, 0) is 4.79 Å². The Bertz CT molecular complexity index is 571. The molecular weight excluding hydrogens is 320 g/mol. The summed E-state index contributed by atoms with van der Waals surface area (Å²) < 4.78 is 5.65. The van der Waals surface area contributed by atoms with Gasteiger partial charge >= 0.3 is 6.03 Å². The normalized spacial score (nSPS) is 15.4. The number of benzene rings is 1. The van der Waals surface area contributed by atoms with E-state index in [0.717, 1.165) is 32.4 Å². The zero-order valence-electron chi connectivity index (χ0n) is 15.0. The van der Waals surface area contributed by atoms with Crippen LogP contribution in [0, 0.1) is 0 Å². The molecule has 138 valence electrons. The predicted molar refractivity (Wildman–Crippen MR) is 97.9 cm³/mol. The molecule has 1 heterocycles. The molecule has 25 heavy (non-hydrogen) atoms. The number of piperidine rings is 1. The van der Waals surface area contributed by atoms with Crippen molar-refractivity contribution in [2.45, 2.75) is 32.2 Å². The number of carbonyl (C=O) groups is 2. The van der Waals surface area contributed by atoms with Crippen molar-refractivity contribution >= 4 is 17.6 Å². The number of rotatable bonds is 7. The summed E-state index contributed by atoms with van der Waals surface area (Å²) in [5.74, 6) is 0.702. The Balaban J connectivity index is 1.79. The molecule has 1 aromatic rings. The van der Waals surface area contributed by atoms with Gasteiger partial charge in [-0.25, -0.2) is 4.79 Å². The number of likely N-dealkylation sites (tertiary alicyclic amines) is 1. The summed E-state index contributed by atoms with van der Waals surface area (Å²) in [5, 5.41) is 8.50. The average Bonchev–Trinajstić information content (AvgIpc) is 2.62. The van der Waals surface area contributed by atoms with Crippen molar-refractivity contribution in [3.8, 4) is 5.75 Å². The molecule has 0 unspecified atom stereocenters. The van der Waals surface area contributed by atoms with Crippen LogP contribution in [-0.4, -0.2) is 56.2 Å². The molecule has 1 aliphatic rings. The van der Waals surface area contributed by atoms with Crippen molar-refractivity contribution in [1.82, 2.24) is 15.5 Å². The Morgan fingerprint density at radius 2 is 1.96 bits per heavy atom. The molecule has 3 N–H and O–H groups in total. The molecule has 0 saturated carbocycles. The Morgan fingerprint density at radius 1 is 1.24 bits per heavy atom. The van der Waals surface area contributed by atoms with E-state index >= 15 is 0 Å². The number of likely N-dealkylation sites (N-methyl/N-ethyl adjacent to an activating group) is 1. The summed E-state index contributed by atoms with van der Waals surface area (Å²) in [5.41, 5.74) is 0.672. The van der Waals surface area contributed by atoms with E-state index in [1.54, 1.807) is 7.05 Å². The Labute approximate surface area is 149 Å². The molecule has 1 fully saturated rings. The number of nitrogens with zero attached hydrogens (tertiary/aromatic N) is 1. The van der Waals surface area contributed by atoms with Crippen LogP contribution in [0.25, 0.3) is 0 Å². The Morgan fingerprint density at radius 3 is 2.64 bits per heavy atom. The minimum absolute atomic E-state index is 0.0211. The quantitative estimate of drug-likeness (QED) is 0.702. The van der Waals surface area contributed by atoms with Gasteiger partial charge in [0.1, 0.15) is 5.75 Å². The van der Waals surface area contributed by atoms with Crippen molar-refractivity contribution in [2.75, 3.05) is 38.6 Å². The molecule has 0 aromatic heterocycles. The van der Waals surface area contributed by atoms with Crippen molar-refractivity contribution in [1.29, 1.82) is 0 Å². The number of urea groups is 1. The second kappa shape index (κ2) is 9.88. The third-order valence-electron chi connectivity index (χ3n) is 4.17. The van der Waals surface area contributed by atoms with E-state index in [9.17, 15) is 9.59 Å². The van der Waals surface area contributed by atoms with Crippen LogP contribution in [0.15, 0.2) is 24.3 Å². The van der Waals surface area contributed by atoms with Crippen LogP contribution in [0.5, 0.6) is 5.75 Å². The van der Waals surface area contributed by atoms with Gasteiger partial charge in [-0.1, -0.05) is 19.1 Å². The van der Waals surface area contributed by atoms with Crippen LogP contribution < -0.4 is 20.7 Å². The molecule has 2 rings (SSSR count). The number of nitrogens with one attached hydrogen (secondary N) is 3. The van der Waals surface area contributed by atoms with Gasteiger partial charge in [-0.3, -0.25) is 9.69 Å². The van der Waals surface area contributed by atoms with Crippen molar-refractivity contribution in [3.63, 3.8) is 0 Å². The lowest BCUT2D eigenvalue weighted by molar-refractivity contribution is -0.122. The summed E-state index contributed by atoms with van der Waals surface area (Å²) in [6, 6.07) is 7.32. The number of carbonyl (C=O) groups excluding carboxylic acids is 2. The number of anilines is 1. The molecule has 7 heteroatoms. The lowest BCUT2D eigenvalue weighted by atomic mass is 10.1. The van der Waals surface area contributed by atoms with Crippen LogP contribution in [0.3, 0.4) is 0 Å². The molecule has 0 atom stereocenters. The first-order valence-corrected chi connectivity index (χ1v) is 8.84. The van der Waals surface area contributed by atoms with Gasteiger partial charge in [0.15, 0.2) is 0 Å². The number of hydrogen-bond acceptors (Lipinski definition) is 4. The molecule has 0 bridgehead atoms. The van der Waals surface area contributed by atoms with E-state index in [-0.39, 0.29) is 18.0 Å². The maximum Gasteiger partial charge on any atom is 0.319 e. The fourth-order valence-electron chi connectivity index (χ4n) is 2.77. The molecule has 1 aromatic carbocycles. The van der Waals surface area contributed by atoms with Crippen LogP contribution >= 0.6 is 0 Å². The highest BCUT2D eigenvalue weighted by Gasteiger charge is 2.22. The molecule has 0 spiro atoms. The maximum absolute atomic E-state index is 12.3. The SMILES string of the molecule is CCCOc1ccccc1NC(=O)NC1CCN(CC(=O)NC)CC1. The minimum atomic E-state index is -0.225. The number of ether oxygens (including phenoxy) is 1. The van der Waals surface area contributed by atoms with Gasteiger partial charge in [0.05, 0.1) is 18.8 Å². The standard InChI is InChI=1S/C18H28N4O3/c1-3-12-25-16-7-5-4-6-15(16)21-18(24)20-14-8-10-22(11-9-14)13-17(23)19-2/h4-7,14H,3,8-13H2,1-2H3,(H,19,23)(H2,20,21,24). The first-order chi connectivity index (χ1) is 12.1. The first kappa shape index (κ1) is 19.1. The van der Waals surface area contributed by atoms with Crippen LogP contribution in [0.4, 0.5) is 10.5 Å². The van der Waals surface area contributed by atoms with Crippen molar-refractivity contribution in [2.24, 2.45) is 0 Å². The Kier molecular flexibility index (Phi) is 7.53. The zero-order valence-corrected chi connectivity index (χ0v) is 15.0. The van der Waals surface area contributed by atoms with E-state index < -0.39 is 0 Å². The van der Waals surface area contributed by atoms with Gasteiger partial charge in [0, 0.05) is 26.2 Å². The lowest BCUT2D eigenvalue weighted by Gasteiger charge is -2.31. The summed E-state index contributed by atoms with van der Waals surface area (Å²) in [6.45, 7) is 4.67. The van der Waals surface area contributed by atoms with Gasteiger partial charge in [-0.15, -0.1) is 0 Å². The number of amides is 3. The number of hydrogen-bond donors (Lipinski definition) is 3. The highest BCUT2D eigenvalue weighted by atomic mass is 16.5. The lowest BCUT2D eigenvalue weighted by Crippen LogP contribution is -2.48. The van der Waals surface area contributed by atoms with E-state index in [2.05, 4.69) is 20.9 Å². The topological polar surface area (TPSA) is 82.7 Å². The fourth-order valence-corrected chi connectivity index (χ4v) is 2.77. The van der Waals surface area contributed by atoms with E-state index in [1.807, 2.05) is 31.2 Å². The molecule has 7 nitrogen and oxygen atoms in total. The van der Waals surface area contributed by atoms with Crippen molar-refractivity contribution in [3.05, 3.63) is 24.3 Å². The van der Waals surface area contributed by atoms with Crippen LogP contribution in [0.1, 0.15) is 26.2 Å². The highest BCUT2D eigenvalue weighted by Crippen LogP contribution is 2.23. The summed E-state index contributed by atoms with van der Waals surface area (Å²) >= 11 is 0. The van der Waals surface area contributed by atoms with E-state index in [1.165, 1.54) is 0 Å². The fraction of sp³-hybridized carbons (Fsp3) is 0.556. The monoisotopic (exact) mass is 348 g/mol. The number of para-hydroxylation sites is 2. The molecule has 0 radical (unpaired) electrons. The first-order valence-electron chi connectivity index (χ1n) is 8.84. The zero-order chi connectivity index (χ0) is 18.1. The summed E-state index contributed by atoms with van der Waals surface area (Å²) in [4.78, 5) is 25.8. The van der Waals surface area contributed by atoms with Gasteiger partial charge in [-0.2, -0.15) is 0 Å². The van der Waals surface area contributed by atoms with Gasteiger partial charge in [-0.05, 0) is 31.4 Å². The van der Waals surface area contributed by atoms with Gasteiger partial charge in [0.25, 0.3) is 0 Å². The third kappa shape index (κ3) is 6.26. The molecular formula is C18H28N4O3. The third-order valence-corrected chi connectivity index (χ3v) is 4.17. The van der Waals surface area contributed by atoms with Gasteiger partial charge < -0.3 is 20.7 Å². The molecule has 0 aliphatic carbocycles.